The summed E-state index contributed by atoms with van der Waals surface area (Å²) >= 11 is 0. The van der Waals surface area contributed by atoms with Crippen molar-refractivity contribution in [3.05, 3.63) is 34.9 Å². The first-order valence-electron chi connectivity index (χ1n) is 7.82. The Kier molecular flexibility index (Phi) is 5.16. The lowest BCUT2D eigenvalue weighted by Gasteiger charge is -2.35. The van der Waals surface area contributed by atoms with E-state index in [9.17, 15) is 9.59 Å². The molecule has 0 bridgehead atoms. The first kappa shape index (κ1) is 15.7. The Balaban J connectivity index is 2.06. The predicted octanol–water partition coefficient (Wildman–Crippen LogP) is 3.21. The van der Waals surface area contributed by atoms with Crippen molar-refractivity contribution in [1.82, 2.24) is 4.90 Å². The number of ketones is 1. The van der Waals surface area contributed by atoms with E-state index in [-0.39, 0.29) is 17.7 Å². The predicted molar refractivity (Wildman–Crippen MR) is 84.3 cm³/mol. The smallest absolute Gasteiger partial charge is 0.227 e. The molecule has 1 aliphatic heterocycles. The van der Waals surface area contributed by atoms with Gasteiger partial charge in [0.1, 0.15) is 5.78 Å². The fourth-order valence-electron chi connectivity index (χ4n) is 3.06. The van der Waals surface area contributed by atoms with Gasteiger partial charge in [0.2, 0.25) is 5.91 Å². The fourth-order valence-corrected chi connectivity index (χ4v) is 3.06. The molecule has 1 atom stereocenters. The van der Waals surface area contributed by atoms with Crippen LogP contribution >= 0.6 is 0 Å². The molecule has 0 aromatic heterocycles. The number of carbonyl (C=O) groups excluding carboxylic acids is 2. The molecule has 0 saturated carbocycles. The third-order valence-corrected chi connectivity index (χ3v) is 4.40. The van der Waals surface area contributed by atoms with Gasteiger partial charge in [-0.3, -0.25) is 9.59 Å². The van der Waals surface area contributed by atoms with E-state index in [1.54, 1.807) is 6.92 Å². The fraction of sp³-hybridized carbons (Fsp3) is 0.556. The highest BCUT2D eigenvalue weighted by Crippen LogP contribution is 2.21. The summed E-state index contributed by atoms with van der Waals surface area (Å²) in [6.07, 6.45) is 4.06. The molecule has 2 rings (SSSR count). The van der Waals surface area contributed by atoms with Crippen LogP contribution in [0.1, 0.15) is 49.3 Å². The van der Waals surface area contributed by atoms with Gasteiger partial charge in [-0.25, -0.2) is 0 Å². The zero-order chi connectivity index (χ0) is 15.4. The molecule has 1 saturated heterocycles. The van der Waals surface area contributed by atoms with Gasteiger partial charge in [0, 0.05) is 19.0 Å². The van der Waals surface area contributed by atoms with E-state index in [4.69, 9.17) is 0 Å². The molecular formula is C18H25NO2. The molecule has 0 N–H and O–H groups in total. The molecule has 0 spiro atoms. The summed E-state index contributed by atoms with van der Waals surface area (Å²) < 4.78 is 0. The molecule has 114 valence electrons. The van der Waals surface area contributed by atoms with Gasteiger partial charge in [-0.2, -0.15) is 0 Å². The minimum Gasteiger partial charge on any atom is -0.339 e. The van der Waals surface area contributed by atoms with E-state index in [0.29, 0.717) is 12.8 Å². The highest BCUT2D eigenvalue weighted by atomic mass is 16.2. The van der Waals surface area contributed by atoms with Crippen molar-refractivity contribution in [3.63, 3.8) is 0 Å². The summed E-state index contributed by atoms with van der Waals surface area (Å²) in [5.74, 6) is 0.329. The lowest BCUT2D eigenvalue weighted by atomic mass is 9.96. The Bertz CT molecular complexity index is 536. The number of nitrogens with zero attached hydrogens (tertiary/aromatic N) is 1. The van der Waals surface area contributed by atoms with Gasteiger partial charge in [-0.15, -0.1) is 0 Å². The number of Topliss-reactive ketones (excluding diaryl/α,β-unsaturated/α-hetero) is 1. The van der Waals surface area contributed by atoms with Crippen LogP contribution < -0.4 is 0 Å². The second-order valence-electron chi connectivity index (χ2n) is 6.24. The van der Waals surface area contributed by atoms with Gasteiger partial charge in [0.05, 0.1) is 6.42 Å². The van der Waals surface area contributed by atoms with Crippen LogP contribution in [0.2, 0.25) is 0 Å². The monoisotopic (exact) mass is 287 g/mol. The zero-order valence-electron chi connectivity index (χ0n) is 13.3. The van der Waals surface area contributed by atoms with E-state index >= 15 is 0 Å². The minimum atomic E-state index is 0.107. The Labute approximate surface area is 127 Å². The van der Waals surface area contributed by atoms with Crippen LogP contribution in [-0.4, -0.2) is 29.2 Å². The van der Waals surface area contributed by atoms with Gasteiger partial charge >= 0.3 is 0 Å². The standard InChI is InChI=1S/C18H25NO2/c1-13-7-8-16(10-14(13)2)12-18(21)19-9-5-4-6-17(19)11-15(3)20/h7-8,10,17H,4-6,9,11-12H2,1-3H3. The maximum atomic E-state index is 12.6. The summed E-state index contributed by atoms with van der Waals surface area (Å²) in [5.41, 5.74) is 3.54. The minimum absolute atomic E-state index is 0.107. The van der Waals surface area contributed by atoms with Gasteiger partial charge in [-0.1, -0.05) is 18.2 Å². The van der Waals surface area contributed by atoms with Gasteiger partial charge < -0.3 is 4.90 Å². The number of benzene rings is 1. The van der Waals surface area contributed by atoms with E-state index in [1.807, 2.05) is 11.0 Å². The van der Waals surface area contributed by atoms with Crippen LogP contribution in [0.3, 0.4) is 0 Å². The normalized spacial score (nSPS) is 18.6. The number of amides is 1. The third-order valence-electron chi connectivity index (χ3n) is 4.40. The Morgan fingerprint density at radius 2 is 1.95 bits per heavy atom. The molecule has 21 heavy (non-hydrogen) atoms. The van der Waals surface area contributed by atoms with Crippen molar-refractivity contribution in [2.45, 2.75) is 58.9 Å². The summed E-state index contributed by atoms with van der Waals surface area (Å²) in [6.45, 7) is 6.55. The van der Waals surface area contributed by atoms with Crippen molar-refractivity contribution in [3.8, 4) is 0 Å². The molecule has 1 amide bonds. The van der Waals surface area contributed by atoms with Crippen LogP contribution in [0, 0.1) is 13.8 Å². The van der Waals surface area contributed by atoms with Crippen molar-refractivity contribution >= 4 is 11.7 Å². The van der Waals surface area contributed by atoms with Gasteiger partial charge in [-0.05, 0) is 56.7 Å². The van der Waals surface area contributed by atoms with E-state index in [0.717, 1.165) is 31.4 Å². The Morgan fingerprint density at radius 3 is 2.62 bits per heavy atom. The maximum absolute atomic E-state index is 12.6. The molecule has 0 radical (unpaired) electrons. The quantitative estimate of drug-likeness (QED) is 0.852. The van der Waals surface area contributed by atoms with Crippen LogP contribution in [0.15, 0.2) is 18.2 Å². The molecule has 1 aromatic rings. The van der Waals surface area contributed by atoms with E-state index < -0.39 is 0 Å². The number of piperidine rings is 1. The summed E-state index contributed by atoms with van der Waals surface area (Å²) in [6, 6.07) is 6.30. The first-order chi connectivity index (χ1) is 9.97. The van der Waals surface area contributed by atoms with Crippen LogP contribution in [0.4, 0.5) is 0 Å². The second kappa shape index (κ2) is 6.88. The molecule has 1 fully saturated rings. The third kappa shape index (κ3) is 4.16. The van der Waals surface area contributed by atoms with Crippen molar-refractivity contribution < 1.29 is 9.59 Å². The zero-order valence-corrected chi connectivity index (χ0v) is 13.3. The molecule has 1 aromatic carbocycles. The van der Waals surface area contributed by atoms with Crippen LogP contribution in [-0.2, 0) is 16.0 Å². The highest BCUT2D eigenvalue weighted by molar-refractivity contribution is 5.81. The van der Waals surface area contributed by atoms with E-state index in [2.05, 4.69) is 26.0 Å². The first-order valence-corrected chi connectivity index (χ1v) is 7.82. The Morgan fingerprint density at radius 1 is 1.19 bits per heavy atom. The number of aryl methyl sites for hydroxylation is 2. The Hall–Kier alpha value is -1.64. The molecule has 1 aliphatic rings. The molecule has 3 nitrogen and oxygen atoms in total. The average molecular weight is 287 g/mol. The number of carbonyl (C=O) groups is 2. The van der Waals surface area contributed by atoms with Gasteiger partial charge in [0.15, 0.2) is 0 Å². The van der Waals surface area contributed by atoms with Crippen molar-refractivity contribution in [2.75, 3.05) is 6.54 Å². The topological polar surface area (TPSA) is 37.4 Å². The lowest BCUT2D eigenvalue weighted by Crippen LogP contribution is -2.45. The number of hydrogen-bond donors (Lipinski definition) is 0. The van der Waals surface area contributed by atoms with Crippen LogP contribution in [0.25, 0.3) is 0 Å². The second-order valence-corrected chi connectivity index (χ2v) is 6.24. The maximum Gasteiger partial charge on any atom is 0.227 e. The highest BCUT2D eigenvalue weighted by Gasteiger charge is 2.27. The molecule has 0 aliphatic carbocycles. The molecule has 1 unspecified atom stereocenters. The number of hydrogen-bond acceptors (Lipinski definition) is 2. The molecule has 1 heterocycles. The van der Waals surface area contributed by atoms with Crippen molar-refractivity contribution in [1.29, 1.82) is 0 Å². The SMILES string of the molecule is CC(=O)CC1CCCCN1C(=O)Cc1ccc(C)c(C)c1. The van der Waals surface area contributed by atoms with Crippen LogP contribution in [0.5, 0.6) is 0 Å². The molecule has 3 heteroatoms. The summed E-state index contributed by atoms with van der Waals surface area (Å²) in [4.78, 5) is 25.9. The molecular weight excluding hydrogens is 262 g/mol. The number of likely N-dealkylation sites (tertiary alicyclic amines) is 1. The average Bonchev–Trinajstić information content (AvgIpc) is 2.43. The lowest BCUT2D eigenvalue weighted by molar-refractivity contribution is -0.135. The summed E-state index contributed by atoms with van der Waals surface area (Å²) in [7, 11) is 0. The van der Waals surface area contributed by atoms with Gasteiger partial charge in [0.25, 0.3) is 0 Å². The van der Waals surface area contributed by atoms with E-state index in [1.165, 1.54) is 11.1 Å². The summed E-state index contributed by atoms with van der Waals surface area (Å²) in [5, 5.41) is 0. The largest absolute Gasteiger partial charge is 0.339 e. The number of rotatable bonds is 4. The van der Waals surface area contributed by atoms with Crippen molar-refractivity contribution in [2.24, 2.45) is 0 Å².